The fourth-order valence-electron chi connectivity index (χ4n) is 1.72. The molecular weight excluding hydrogens is 287 g/mol. The predicted molar refractivity (Wildman–Crippen MR) is 65.4 cm³/mol. The maximum absolute atomic E-state index is 11.2. The Morgan fingerprint density at radius 3 is 1.53 bits per heavy atom. The molecule has 0 unspecified atom stereocenters. The van der Waals surface area contributed by atoms with Crippen LogP contribution in [0.5, 0.6) is 0 Å². The van der Waals surface area contributed by atoms with Gasteiger partial charge in [-0.2, -0.15) is 8.42 Å². The minimum atomic E-state index is -4.70. The number of carboxylic acids is 2. The van der Waals surface area contributed by atoms with E-state index >= 15 is 0 Å². The van der Waals surface area contributed by atoms with Gasteiger partial charge < -0.3 is 10.2 Å². The van der Waals surface area contributed by atoms with Gasteiger partial charge in [0.1, 0.15) is 4.90 Å². The molecule has 0 fully saturated rings. The van der Waals surface area contributed by atoms with Crippen molar-refractivity contribution in [2.45, 2.75) is 18.7 Å². The van der Waals surface area contributed by atoms with Crippen LogP contribution in [-0.4, -0.2) is 64.7 Å². The Morgan fingerprint density at radius 1 is 1.00 bits per heavy atom. The number of aromatic carboxylic acids is 2. The fraction of sp³-hybridized carbons (Fsp3) is 0.200. The van der Waals surface area contributed by atoms with E-state index in [4.69, 9.17) is 14.8 Å². The average molecular weight is 297 g/mol. The van der Waals surface area contributed by atoms with Gasteiger partial charge in [-0.3, -0.25) is 4.55 Å². The standard InChI is InChI=1S/C10H10O7S.Na/c1-4-6(9(11)12)3-7(10(13)14)5(2)8(4)18(15,16)17;/h3H,1-2H3,(H,11,12)(H,13,14)(H,15,16,17);. The molecule has 7 nitrogen and oxygen atoms in total. The number of hydrogen-bond donors (Lipinski definition) is 3. The summed E-state index contributed by atoms with van der Waals surface area (Å²) in [5.74, 6) is -2.94. The van der Waals surface area contributed by atoms with Gasteiger partial charge in [-0.15, -0.1) is 0 Å². The summed E-state index contributed by atoms with van der Waals surface area (Å²) in [5.41, 5.74) is -1.36. The quantitative estimate of drug-likeness (QED) is 0.549. The second-order valence-corrected chi connectivity index (χ2v) is 4.99. The zero-order valence-corrected chi connectivity index (χ0v) is 13.3. The molecule has 0 aliphatic heterocycles. The van der Waals surface area contributed by atoms with Gasteiger partial charge in [0.2, 0.25) is 0 Å². The minimum absolute atomic E-state index is 0. The summed E-state index contributed by atoms with van der Waals surface area (Å²) < 4.78 is 31.4. The molecule has 0 aliphatic rings. The minimum Gasteiger partial charge on any atom is -0.478 e. The van der Waals surface area contributed by atoms with Crippen molar-refractivity contribution in [1.82, 2.24) is 0 Å². The number of carboxylic acid groups (broad SMARTS) is 2. The van der Waals surface area contributed by atoms with E-state index < -0.39 is 38.1 Å². The third-order valence-corrected chi connectivity index (χ3v) is 3.62. The van der Waals surface area contributed by atoms with Gasteiger partial charge in [0, 0.05) is 29.6 Å². The summed E-state index contributed by atoms with van der Waals surface area (Å²) in [5, 5.41) is 17.8. The topological polar surface area (TPSA) is 129 Å². The number of rotatable bonds is 3. The Kier molecular flexibility index (Phi) is 5.72. The first-order valence-corrected chi connectivity index (χ1v) is 6.09. The summed E-state index contributed by atoms with van der Waals surface area (Å²) in [6, 6.07) is 0.865. The maximum atomic E-state index is 11.2. The molecule has 0 amide bonds. The molecule has 3 N–H and O–H groups in total. The van der Waals surface area contributed by atoms with Gasteiger partial charge in [0.25, 0.3) is 10.1 Å². The summed E-state index contributed by atoms with van der Waals surface area (Å²) in [6.07, 6.45) is 0. The zero-order chi connectivity index (χ0) is 14.2. The molecule has 9 heteroatoms. The smallest absolute Gasteiger partial charge is 0.336 e. The van der Waals surface area contributed by atoms with Crippen molar-refractivity contribution in [3.63, 3.8) is 0 Å². The Morgan fingerprint density at radius 2 is 1.32 bits per heavy atom. The van der Waals surface area contributed by atoms with Crippen LogP contribution < -0.4 is 0 Å². The van der Waals surface area contributed by atoms with Crippen molar-refractivity contribution < 1.29 is 32.8 Å². The van der Waals surface area contributed by atoms with E-state index in [-0.39, 0.29) is 40.7 Å². The molecule has 0 aliphatic carbocycles. The predicted octanol–water partition coefficient (Wildman–Crippen LogP) is 0.566. The molecule has 0 bridgehead atoms. The first kappa shape index (κ1) is 18.1. The molecular formula is C10H10NaO7S. The summed E-state index contributed by atoms with van der Waals surface area (Å²) in [4.78, 5) is 21.2. The van der Waals surface area contributed by atoms with Crippen LogP contribution in [0.1, 0.15) is 31.8 Å². The molecule has 1 radical (unpaired) electrons. The number of hydrogen-bond acceptors (Lipinski definition) is 4. The molecule has 1 rings (SSSR count). The van der Waals surface area contributed by atoms with Crippen molar-refractivity contribution in [3.05, 3.63) is 28.3 Å². The Hall–Kier alpha value is -0.930. The molecule has 0 saturated heterocycles. The maximum Gasteiger partial charge on any atom is 0.336 e. The van der Waals surface area contributed by atoms with E-state index in [0.717, 1.165) is 6.07 Å². The van der Waals surface area contributed by atoms with Crippen LogP contribution in [0.4, 0.5) is 0 Å². The summed E-state index contributed by atoms with van der Waals surface area (Å²) >= 11 is 0. The number of carbonyl (C=O) groups is 2. The third-order valence-electron chi connectivity index (χ3n) is 2.50. The van der Waals surface area contributed by atoms with Gasteiger partial charge in [0.05, 0.1) is 11.1 Å². The summed E-state index contributed by atoms with van der Waals surface area (Å²) in [6.45, 7) is 2.37. The second kappa shape index (κ2) is 6.02. The van der Waals surface area contributed by atoms with E-state index in [2.05, 4.69) is 0 Å². The zero-order valence-electron chi connectivity index (χ0n) is 10.5. The van der Waals surface area contributed by atoms with Crippen molar-refractivity contribution in [2.75, 3.05) is 0 Å². The van der Waals surface area contributed by atoms with Crippen molar-refractivity contribution in [1.29, 1.82) is 0 Å². The van der Waals surface area contributed by atoms with Crippen LogP contribution in [0.3, 0.4) is 0 Å². The first-order valence-electron chi connectivity index (χ1n) is 4.65. The molecule has 99 valence electrons. The Balaban J connectivity index is 0.00000324. The van der Waals surface area contributed by atoms with E-state index in [1.165, 1.54) is 13.8 Å². The van der Waals surface area contributed by atoms with E-state index in [0.29, 0.717) is 0 Å². The molecule has 0 atom stereocenters. The molecule has 0 spiro atoms. The van der Waals surface area contributed by atoms with E-state index in [9.17, 15) is 18.0 Å². The van der Waals surface area contributed by atoms with Crippen molar-refractivity contribution in [3.8, 4) is 0 Å². The van der Waals surface area contributed by atoms with Crippen LogP contribution in [0, 0.1) is 13.8 Å². The first-order chi connectivity index (χ1) is 8.07. The SMILES string of the molecule is Cc1c(C(=O)O)cc(C(=O)O)c(C)c1S(=O)(=O)O.[Na]. The third kappa shape index (κ3) is 3.54. The van der Waals surface area contributed by atoms with Gasteiger partial charge >= 0.3 is 11.9 Å². The largest absolute Gasteiger partial charge is 0.478 e. The summed E-state index contributed by atoms with van der Waals surface area (Å²) in [7, 11) is -4.70. The van der Waals surface area contributed by atoms with Crippen molar-refractivity contribution in [2.24, 2.45) is 0 Å². The van der Waals surface area contributed by atoms with E-state index in [1.54, 1.807) is 0 Å². The molecule has 0 saturated carbocycles. The number of benzene rings is 1. The average Bonchev–Trinajstić information content (AvgIpc) is 2.13. The van der Waals surface area contributed by atoms with Gasteiger partial charge in [-0.25, -0.2) is 9.59 Å². The van der Waals surface area contributed by atoms with Crippen LogP contribution >= 0.6 is 0 Å². The Labute approximate surface area is 131 Å². The monoisotopic (exact) mass is 297 g/mol. The second-order valence-electron chi connectivity index (χ2n) is 3.64. The van der Waals surface area contributed by atoms with Gasteiger partial charge in [0.15, 0.2) is 0 Å². The van der Waals surface area contributed by atoms with Crippen LogP contribution in [0.2, 0.25) is 0 Å². The molecule has 0 heterocycles. The van der Waals surface area contributed by atoms with Crippen LogP contribution in [0.15, 0.2) is 11.0 Å². The van der Waals surface area contributed by atoms with E-state index in [1.807, 2.05) is 0 Å². The van der Waals surface area contributed by atoms with Gasteiger partial charge in [-0.1, -0.05) is 0 Å². The Bertz CT molecular complexity index is 610. The normalized spacial score (nSPS) is 10.7. The molecule has 0 aromatic heterocycles. The molecule has 1 aromatic carbocycles. The van der Waals surface area contributed by atoms with Crippen molar-refractivity contribution >= 4 is 51.6 Å². The molecule has 1 aromatic rings. The molecule has 19 heavy (non-hydrogen) atoms. The van der Waals surface area contributed by atoms with Crippen LogP contribution in [-0.2, 0) is 10.1 Å². The van der Waals surface area contributed by atoms with Gasteiger partial charge in [-0.05, 0) is 31.0 Å². The van der Waals surface area contributed by atoms with Crippen LogP contribution in [0.25, 0.3) is 0 Å². The fourth-order valence-corrected chi connectivity index (χ4v) is 2.71.